The molecule has 0 fully saturated rings. The second-order valence-electron chi connectivity index (χ2n) is 6.36. The molecule has 0 bridgehead atoms. The summed E-state index contributed by atoms with van der Waals surface area (Å²) in [5, 5.41) is 4.10. The fraction of sp³-hybridized carbons (Fsp3) is 0.550. The second kappa shape index (κ2) is 8.86. The van der Waals surface area contributed by atoms with Crippen molar-refractivity contribution in [1.82, 2.24) is 9.78 Å². The zero-order valence-corrected chi connectivity index (χ0v) is 15.5. The third-order valence-electron chi connectivity index (χ3n) is 4.55. The van der Waals surface area contributed by atoms with Gasteiger partial charge in [0.25, 0.3) is 0 Å². The molecular weight excluding hydrogens is 301 g/mol. The Kier molecular flexibility index (Phi) is 6.83. The lowest BCUT2D eigenvalue weighted by Gasteiger charge is -2.16. The summed E-state index contributed by atoms with van der Waals surface area (Å²) in [5.74, 6) is -0.0866. The predicted molar refractivity (Wildman–Crippen MR) is 100 cm³/mol. The number of fused-ring (bicyclic) bond motifs is 1. The van der Waals surface area contributed by atoms with E-state index in [-0.39, 0.29) is 5.82 Å². The van der Waals surface area contributed by atoms with Gasteiger partial charge < -0.3 is 4.90 Å². The molecular formula is C20H30FN3. The maximum atomic E-state index is 14.5. The van der Waals surface area contributed by atoms with Gasteiger partial charge >= 0.3 is 0 Å². The van der Waals surface area contributed by atoms with Crippen LogP contribution in [-0.2, 0) is 13.5 Å². The normalized spacial score (nSPS) is 12.8. The third-order valence-corrected chi connectivity index (χ3v) is 4.55. The molecule has 3 nitrogen and oxygen atoms in total. The van der Waals surface area contributed by atoms with Crippen molar-refractivity contribution in [3.63, 3.8) is 0 Å². The van der Waals surface area contributed by atoms with Gasteiger partial charge in [-0.25, -0.2) is 4.39 Å². The number of rotatable bonds is 5. The number of aryl methyl sites for hydroxylation is 1. The Morgan fingerprint density at radius 2 is 1.83 bits per heavy atom. The lowest BCUT2D eigenvalue weighted by molar-refractivity contribution is 0.619. The molecule has 24 heavy (non-hydrogen) atoms. The van der Waals surface area contributed by atoms with E-state index in [2.05, 4.69) is 30.8 Å². The zero-order chi connectivity index (χ0) is 17.5. The minimum atomic E-state index is -0.0866. The summed E-state index contributed by atoms with van der Waals surface area (Å²) in [6.45, 7) is 8.41. The van der Waals surface area contributed by atoms with Crippen molar-refractivity contribution in [2.75, 3.05) is 18.0 Å². The second-order valence-corrected chi connectivity index (χ2v) is 6.36. The van der Waals surface area contributed by atoms with Crippen LogP contribution in [0.5, 0.6) is 0 Å². The van der Waals surface area contributed by atoms with Gasteiger partial charge in [0.05, 0.1) is 6.20 Å². The van der Waals surface area contributed by atoms with Crippen LogP contribution in [-0.4, -0.2) is 22.9 Å². The molecule has 1 aromatic carbocycles. The van der Waals surface area contributed by atoms with E-state index in [1.54, 1.807) is 10.9 Å². The Labute approximate surface area is 145 Å². The van der Waals surface area contributed by atoms with Crippen LogP contribution >= 0.6 is 0 Å². The SMILES string of the molecule is CCCCCC.CCN1CCc2c1ccc(-c1cnn(C)c1)c2F. The van der Waals surface area contributed by atoms with Crippen molar-refractivity contribution in [3.8, 4) is 11.1 Å². The van der Waals surface area contributed by atoms with Crippen LogP contribution in [0.2, 0.25) is 0 Å². The molecule has 0 spiro atoms. The number of hydrogen-bond acceptors (Lipinski definition) is 2. The summed E-state index contributed by atoms with van der Waals surface area (Å²) in [7, 11) is 1.84. The van der Waals surface area contributed by atoms with Gasteiger partial charge in [-0.15, -0.1) is 0 Å². The predicted octanol–water partition coefficient (Wildman–Crippen LogP) is 5.20. The number of anilines is 1. The molecule has 0 saturated carbocycles. The Hall–Kier alpha value is -1.84. The first kappa shape index (κ1) is 18.5. The minimum absolute atomic E-state index is 0.0866. The zero-order valence-electron chi connectivity index (χ0n) is 15.5. The quantitative estimate of drug-likeness (QED) is 0.703. The van der Waals surface area contributed by atoms with Gasteiger partial charge in [-0.05, 0) is 25.5 Å². The topological polar surface area (TPSA) is 21.1 Å². The van der Waals surface area contributed by atoms with Gasteiger partial charge in [0, 0.05) is 48.7 Å². The molecule has 0 saturated heterocycles. The Morgan fingerprint density at radius 3 is 2.38 bits per heavy atom. The number of benzene rings is 1. The number of nitrogens with zero attached hydrogens (tertiary/aromatic N) is 3. The molecule has 2 aromatic rings. The largest absolute Gasteiger partial charge is 0.371 e. The van der Waals surface area contributed by atoms with Gasteiger partial charge in [0.2, 0.25) is 0 Å². The number of halogens is 1. The molecule has 2 heterocycles. The summed E-state index contributed by atoms with van der Waals surface area (Å²) >= 11 is 0. The van der Waals surface area contributed by atoms with Crippen molar-refractivity contribution >= 4 is 5.69 Å². The fourth-order valence-corrected chi connectivity index (χ4v) is 3.12. The standard InChI is InChI=1S/C14H16FN3.C6H14/c1-3-18-7-6-12-13(18)5-4-11(14(12)15)10-8-16-17(2)9-10;1-3-5-6-4-2/h4-5,8-9H,3,6-7H2,1-2H3;3-6H2,1-2H3. The average Bonchev–Trinajstić information content (AvgIpc) is 3.20. The fourth-order valence-electron chi connectivity index (χ4n) is 3.12. The van der Waals surface area contributed by atoms with Gasteiger partial charge in [-0.3, -0.25) is 4.68 Å². The molecule has 1 aliphatic heterocycles. The first-order valence-electron chi connectivity index (χ1n) is 9.17. The number of likely N-dealkylation sites (N-methyl/N-ethyl adjacent to an activating group) is 1. The molecule has 0 atom stereocenters. The average molecular weight is 331 g/mol. The van der Waals surface area contributed by atoms with Gasteiger partial charge in [0.1, 0.15) is 5.82 Å². The van der Waals surface area contributed by atoms with Crippen LogP contribution in [0.25, 0.3) is 11.1 Å². The number of hydrogen-bond donors (Lipinski definition) is 0. The van der Waals surface area contributed by atoms with Crippen LogP contribution < -0.4 is 4.90 Å². The molecule has 0 amide bonds. The van der Waals surface area contributed by atoms with E-state index < -0.39 is 0 Å². The molecule has 4 heteroatoms. The van der Waals surface area contributed by atoms with Crippen LogP contribution in [0.15, 0.2) is 24.5 Å². The van der Waals surface area contributed by atoms with Crippen LogP contribution in [0.4, 0.5) is 10.1 Å². The maximum Gasteiger partial charge on any atom is 0.136 e. The molecule has 0 N–H and O–H groups in total. The highest BCUT2D eigenvalue weighted by atomic mass is 19.1. The first-order chi connectivity index (χ1) is 11.6. The van der Waals surface area contributed by atoms with E-state index in [9.17, 15) is 4.39 Å². The van der Waals surface area contributed by atoms with E-state index >= 15 is 0 Å². The molecule has 0 unspecified atom stereocenters. The van der Waals surface area contributed by atoms with Gasteiger partial charge in [-0.1, -0.05) is 39.5 Å². The van der Waals surface area contributed by atoms with Crippen LogP contribution in [0.3, 0.4) is 0 Å². The van der Waals surface area contributed by atoms with E-state index in [1.165, 1.54) is 25.7 Å². The lowest BCUT2D eigenvalue weighted by atomic mass is 10.0. The Morgan fingerprint density at radius 1 is 1.12 bits per heavy atom. The molecule has 0 aliphatic carbocycles. The van der Waals surface area contributed by atoms with Crippen LogP contribution in [0, 0.1) is 5.82 Å². The van der Waals surface area contributed by atoms with Crippen molar-refractivity contribution in [1.29, 1.82) is 0 Å². The van der Waals surface area contributed by atoms with E-state index in [0.29, 0.717) is 5.56 Å². The molecule has 132 valence electrons. The van der Waals surface area contributed by atoms with Crippen LogP contribution in [0.1, 0.15) is 52.0 Å². The summed E-state index contributed by atoms with van der Waals surface area (Å²) < 4.78 is 16.2. The molecule has 3 rings (SSSR count). The smallest absolute Gasteiger partial charge is 0.136 e. The lowest BCUT2D eigenvalue weighted by Crippen LogP contribution is -2.19. The summed E-state index contributed by atoms with van der Waals surface area (Å²) in [5.41, 5.74) is 3.38. The van der Waals surface area contributed by atoms with Gasteiger partial charge in [-0.2, -0.15) is 5.10 Å². The molecule has 1 aliphatic rings. The van der Waals surface area contributed by atoms with Crippen molar-refractivity contribution in [2.24, 2.45) is 7.05 Å². The van der Waals surface area contributed by atoms with Gasteiger partial charge in [0.15, 0.2) is 0 Å². The summed E-state index contributed by atoms with van der Waals surface area (Å²) in [6, 6.07) is 3.89. The Bertz CT molecular complexity index is 644. The minimum Gasteiger partial charge on any atom is -0.371 e. The highest BCUT2D eigenvalue weighted by Gasteiger charge is 2.23. The highest BCUT2D eigenvalue weighted by molar-refractivity contribution is 5.70. The van der Waals surface area contributed by atoms with E-state index in [0.717, 1.165) is 36.3 Å². The first-order valence-corrected chi connectivity index (χ1v) is 9.17. The van der Waals surface area contributed by atoms with E-state index in [4.69, 9.17) is 0 Å². The van der Waals surface area contributed by atoms with Crippen molar-refractivity contribution in [3.05, 3.63) is 35.9 Å². The third kappa shape index (κ3) is 4.16. The highest BCUT2D eigenvalue weighted by Crippen LogP contribution is 2.35. The monoisotopic (exact) mass is 331 g/mol. The number of aromatic nitrogens is 2. The van der Waals surface area contributed by atoms with Crippen molar-refractivity contribution in [2.45, 2.75) is 52.9 Å². The Balaban J connectivity index is 0.000000301. The number of unbranched alkanes of at least 4 members (excludes halogenated alkanes) is 3. The maximum absolute atomic E-state index is 14.5. The van der Waals surface area contributed by atoms with E-state index in [1.807, 2.05) is 25.4 Å². The summed E-state index contributed by atoms with van der Waals surface area (Å²) in [4.78, 5) is 2.21. The summed E-state index contributed by atoms with van der Waals surface area (Å²) in [6.07, 6.45) is 9.88. The molecule has 1 aromatic heterocycles. The van der Waals surface area contributed by atoms with Crippen molar-refractivity contribution < 1.29 is 4.39 Å². The molecule has 0 radical (unpaired) electrons.